The molecule has 0 radical (unpaired) electrons. The van der Waals surface area contributed by atoms with Gasteiger partial charge in [0.15, 0.2) is 0 Å². The summed E-state index contributed by atoms with van der Waals surface area (Å²) in [6.07, 6.45) is -3.46. The van der Waals surface area contributed by atoms with Crippen LogP contribution >= 0.6 is 0 Å². The SMILES string of the molecule is O=C(Cn1c(=O)cnc2ccccc21)NCc1ccc(N2CCOCC2)cc1C(F)(F)F. The number of para-hydroxylation sites is 2. The number of nitrogens with one attached hydrogen (secondary N) is 1. The molecule has 7 nitrogen and oxygen atoms in total. The van der Waals surface area contributed by atoms with Crippen molar-refractivity contribution in [1.29, 1.82) is 0 Å². The molecular weight excluding hydrogens is 425 g/mol. The Bertz CT molecular complexity index is 1190. The van der Waals surface area contributed by atoms with Crippen LogP contribution in [0.1, 0.15) is 11.1 Å². The molecule has 2 aromatic carbocycles. The molecule has 1 N–H and O–H groups in total. The lowest BCUT2D eigenvalue weighted by molar-refractivity contribution is -0.138. The molecular formula is C22H21F3N4O3. The van der Waals surface area contributed by atoms with Crippen LogP contribution in [0, 0.1) is 0 Å². The van der Waals surface area contributed by atoms with Crippen LogP contribution in [0.15, 0.2) is 53.5 Å². The van der Waals surface area contributed by atoms with E-state index in [1.807, 2.05) is 4.90 Å². The summed E-state index contributed by atoms with van der Waals surface area (Å²) in [5.74, 6) is -0.575. The van der Waals surface area contributed by atoms with Crippen molar-refractivity contribution < 1.29 is 22.7 Å². The minimum Gasteiger partial charge on any atom is -0.378 e. The average molecular weight is 446 g/mol. The number of halogens is 3. The molecule has 32 heavy (non-hydrogen) atoms. The number of benzene rings is 2. The third-order valence-electron chi connectivity index (χ3n) is 5.31. The maximum absolute atomic E-state index is 13.7. The second kappa shape index (κ2) is 8.99. The van der Waals surface area contributed by atoms with E-state index < -0.39 is 23.2 Å². The van der Waals surface area contributed by atoms with Crippen molar-refractivity contribution in [2.24, 2.45) is 0 Å². The van der Waals surface area contributed by atoms with E-state index in [2.05, 4.69) is 10.3 Å². The summed E-state index contributed by atoms with van der Waals surface area (Å²) >= 11 is 0. The van der Waals surface area contributed by atoms with Gasteiger partial charge in [0.2, 0.25) is 5.91 Å². The number of carbonyl (C=O) groups excluding carboxylic acids is 1. The molecule has 1 aromatic heterocycles. The van der Waals surface area contributed by atoms with E-state index in [1.165, 1.54) is 10.6 Å². The van der Waals surface area contributed by atoms with Crippen molar-refractivity contribution in [2.45, 2.75) is 19.3 Å². The van der Waals surface area contributed by atoms with Crippen LogP contribution in [0.25, 0.3) is 11.0 Å². The lowest BCUT2D eigenvalue weighted by Crippen LogP contribution is -2.36. The van der Waals surface area contributed by atoms with Crippen molar-refractivity contribution >= 4 is 22.6 Å². The number of carbonyl (C=O) groups is 1. The minimum atomic E-state index is -4.57. The zero-order valence-electron chi connectivity index (χ0n) is 17.1. The Balaban J connectivity index is 1.51. The first-order valence-electron chi connectivity index (χ1n) is 10.1. The third-order valence-corrected chi connectivity index (χ3v) is 5.31. The average Bonchev–Trinajstić information content (AvgIpc) is 2.79. The molecule has 0 spiro atoms. The van der Waals surface area contributed by atoms with Gasteiger partial charge in [-0.1, -0.05) is 18.2 Å². The van der Waals surface area contributed by atoms with Gasteiger partial charge in [-0.2, -0.15) is 13.2 Å². The van der Waals surface area contributed by atoms with E-state index in [9.17, 15) is 22.8 Å². The highest BCUT2D eigenvalue weighted by Gasteiger charge is 2.34. The van der Waals surface area contributed by atoms with E-state index >= 15 is 0 Å². The first-order chi connectivity index (χ1) is 15.3. The number of ether oxygens (including phenoxy) is 1. The number of amides is 1. The summed E-state index contributed by atoms with van der Waals surface area (Å²) in [6.45, 7) is 1.32. The summed E-state index contributed by atoms with van der Waals surface area (Å²) in [7, 11) is 0. The van der Waals surface area contributed by atoms with Gasteiger partial charge < -0.3 is 15.0 Å². The molecule has 0 atom stereocenters. The zero-order valence-corrected chi connectivity index (χ0v) is 17.1. The number of fused-ring (bicyclic) bond motifs is 1. The zero-order chi connectivity index (χ0) is 22.7. The van der Waals surface area contributed by atoms with Crippen LogP contribution in [0.3, 0.4) is 0 Å². The second-order valence-electron chi connectivity index (χ2n) is 7.39. The normalized spacial score (nSPS) is 14.5. The molecule has 4 rings (SSSR count). The summed E-state index contributed by atoms with van der Waals surface area (Å²) in [6, 6.07) is 10.9. The third kappa shape index (κ3) is 4.75. The smallest absolute Gasteiger partial charge is 0.378 e. The number of nitrogens with zero attached hydrogens (tertiary/aromatic N) is 3. The number of alkyl halides is 3. The minimum absolute atomic E-state index is 0.0465. The number of hydrogen-bond donors (Lipinski definition) is 1. The van der Waals surface area contributed by atoms with Gasteiger partial charge in [0.1, 0.15) is 6.54 Å². The van der Waals surface area contributed by atoms with Crippen molar-refractivity contribution in [2.75, 3.05) is 31.2 Å². The van der Waals surface area contributed by atoms with Crippen molar-refractivity contribution in [1.82, 2.24) is 14.9 Å². The van der Waals surface area contributed by atoms with Gasteiger partial charge >= 0.3 is 6.18 Å². The van der Waals surface area contributed by atoms with Crippen LogP contribution in [0.5, 0.6) is 0 Å². The molecule has 0 saturated carbocycles. The molecule has 1 aliphatic rings. The molecule has 1 fully saturated rings. The monoisotopic (exact) mass is 446 g/mol. The van der Waals surface area contributed by atoms with E-state index in [0.29, 0.717) is 43.0 Å². The molecule has 0 aliphatic carbocycles. The van der Waals surface area contributed by atoms with Gasteiger partial charge in [-0.3, -0.25) is 14.2 Å². The van der Waals surface area contributed by atoms with Crippen LogP contribution in [-0.2, 0) is 28.8 Å². The fourth-order valence-corrected chi connectivity index (χ4v) is 3.67. The maximum Gasteiger partial charge on any atom is 0.416 e. The molecule has 1 amide bonds. The Labute approximate surface area is 181 Å². The Morgan fingerprint density at radius 2 is 1.88 bits per heavy atom. The van der Waals surface area contributed by atoms with Gasteiger partial charge in [0.05, 0.1) is 36.0 Å². The van der Waals surface area contributed by atoms with Gasteiger partial charge in [-0.25, -0.2) is 4.98 Å². The summed E-state index contributed by atoms with van der Waals surface area (Å²) in [5.41, 5.74) is 0.164. The molecule has 0 bridgehead atoms. The predicted octanol–water partition coefficient (Wildman–Crippen LogP) is 2.57. The first-order valence-corrected chi connectivity index (χ1v) is 10.1. The fourth-order valence-electron chi connectivity index (χ4n) is 3.67. The lowest BCUT2D eigenvalue weighted by atomic mass is 10.0. The molecule has 1 saturated heterocycles. The van der Waals surface area contributed by atoms with Crippen LogP contribution in [-0.4, -0.2) is 41.8 Å². The van der Waals surface area contributed by atoms with Gasteiger partial charge in [-0.05, 0) is 29.8 Å². The number of hydrogen-bond acceptors (Lipinski definition) is 5. The largest absolute Gasteiger partial charge is 0.416 e. The summed E-state index contributed by atoms with van der Waals surface area (Å²) in [4.78, 5) is 30.5. The van der Waals surface area contributed by atoms with Crippen molar-refractivity contribution in [3.05, 3.63) is 70.1 Å². The molecule has 2 heterocycles. The fraction of sp³-hybridized carbons (Fsp3) is 0.318. The lowest BCUT2D eigenvalue weighted by Gasteiger charge is -2.29. The second-order valence-corrected chi connectivity index (χ2v) is 7.39. The van der Waals surface area contributed by atoms with Gasteiger partial charge in [0.25, 0.3) is 5.56 Å². The Morgan fingerprint density at radius 1 is 1.12 bits per heavy atom. The highest BCUT2D eigenvalue weighted by Crippen LogP contribution is 2.35. The summed E-state index contributed by atoms with van der Waals surface area (Å²) in [5, 5.41) is 2.50. The number of anilines is 1. The van der Waals surface area contributed by atoms with Crippen molar-refractivity contribution in [3.63, 3.8) is 0 Å². The quantitative estimate of drug-likeness (QED) is 0.652. The standard InChI is InChI=1S/C22H21F3N4O3/c23-22(24,25)17-11-16(28-7-9-32-10-8-28)6-5-15(17)12-27-20(30)14-29-19-4-2-1-3-18(19)26-13-21(29)31/h1-6,11,13H,7-10,12,14H2,(H,27,30). The van der Waals surface area contributed by atoms with Crippen LogP contribution in [0.4, 0.5) is 18.9 Å². The molecule has 10 heteroatoms. The van der Waals surface area contributed by atoms with Crippen LogP contribution in [0.2, 0.25) is 0 Å². The predicted molar refractivity (Wildman–Crippen MR) is 112 cm³/mol. The number of morpholine rings is 1. The maximum atomic E-state index is 13.7. The molecule has 168 valence electrons. The highest BCUT2D eigenvalue weighted by molar-refractivity contribution is 5.80. The number of rotatable bonds is 5. The Morgan fingerprint density at radius 3 is 2.62 bits per heavy atom. The first kappa shape index (κ1) is 21.8. The van der Waals surface area contributed by atoms with E-state index in [1.54, 1.807) is 30.3 Å². The van der Waals surface area contributed by atoms with E-state index in [-0.39, 0.29) is 18.7 Å². The van der Waals surface area contributed by atoms with Gasteiger partial charge in [-0.15, -0.1) is 0 Å². The van der Waals surface area contributed by atoms with E-state index in [0.717, 1.165) is 12.3 Å². The molecule has 0 unspecified atom stereocenters. The molecule has 3 aromatic rings. The van der Waals surface area contributed by atoms with Gasteiger partial charge in [0, 0.05) is 25.3 Å². The molecule has 1 aliphatic heterocycles. The topological polar surface area (TPSA) is 76.5 Å². The Kier molecular flexibility index (Phi) is 6.13. The summed E-state index contributed by atoms with van der Waals surface area (Å²) < 4.78 is 47.5. The van der Waals surface area contributed by atoms with E-state index in [4.69, 9.17) is 4.74 Å². The van der Waals surface area contributed by atoms with Crippen LogP contribution < -0.4 is 15.8 Å². The number of aromatic nitrogens is 2. The Hall–Kier alpha value is -3.40. The highest BCUT2D eigenvalue weighted by atomic mass is 19.4. The van der Waals surface area contributed by atoms with Crippen molar-refractivity contribution in [3.8, 4) is 0 Å².